The Balaban J connectivity index is 2.38. The molecule has 0 aliphatic heterocycles. The van der Waals surface area contributed by atoms with E-state index in [-0.39, 0.29) is 0 Å². The Morgan fingerprint density at radius 3 is 1.15 bits per heavy atom. The van der Waals surface area contributed by atoms with Crippen molar-refractivity contribution in [3.63, 3.8) is 0 Å². The summed E-state index contributed by atoms with van der Waals surface area (Å²) in [6, 6.07) is 0.589. The highest BCUT2D eigenvalue weighted by Gasteiger charge is 2.19. The van der Waals surface area contributed by atoms with Crippen molar-refractivity contribution in [2.75, 3.05) is 0 Å². The Morgan fingerprint density at radius 1 is 0.463 bits per heavy atom. The highest BCUT2D eigenvalue weighted by molar-refractivity contribution is 5.02. The van der Waals surface area contributed by atoms with Crippen LogP contribution in [0.15, 0.2) is 12.4 Å². The van der Waals surface area contributed by atoms with E-state index in [9.17, 15) is 0 Å². The maximum Gasteiger partial charge on any atom is 0.111 e. The fourth-order valence-electron chi connectivity index (χ4n) is 6.71. The lowest BCUT2D eigenvalue weighted by Gasteiger charge is -2.22. The minimum absolute atomic E-state index is 0.589. The van der Waals surface area contributed by atoms with Crippen molar-refractivity contribution >= 4 is 0 Å². The van der Waals surface area contributed by atoms with E-state index in [2.05, 4.69) is 44.7 Å². The van der Waals surface area contributed by atoms with Gasteiger partial charge in [0.15, 0.2) is 0 Å². The van der Waals surface area contributed by atoms with E-state index in [1.165, 1.54) is 198 Å². The second-order valence-corrected chi connectivity index (χ2v) is 13.6. The second kappa shape index (κ2) is 29.3. The van der Waals surface area contributed by atoms with Gasteiger partial charge in [0, 0.05) is 24.4 Å². The molecule has 2 atom stereocenters. The predicted molar refractivity (Wildman–Crippen MR) is 185 cm³/mol. The lowest BCUT2D eigenvalue weighted by atomic mass is 9.92. The Bertz CT molecular complexity index is 635. The van der Waals surface area contributed by atoms with Gasteiger partial charge in [-0.25, -0.2) is 4.98 Å². The molecule has 0 bridgehead atoms. The maximum atomic E-state index is 5.00. The van der Waals surface area contributed by atoms with Crippen LogP contribution < -0.4 is 0 Å². The van der Waals surface area contributed by atoms with Gasteiger partial charge in [-0.1, -0.05) is 194 Å². The number of hydrogen-bond acceptors (Lipinski definition) is 1. The largest absolute Gasteiger partial charge is 0.332 e. The van der Waals surface area contributed by atoms with Gasteiger partial charge in [0.25, 0.3) is 0 Å². The Labute approximate surface area is 259 Å². The zero-order valence-electron chi connectivity index (χ0n) is 28.9. The van der Waals surface area contributed by atoms with Crippen LogP contribution in [0.2, 0.25) is 0 Å². The van der Waals surface area contributed by atoms with Crippen LogP contribution in [-0.4, -0.2) is 9.55 Å². The van der Waals surface area contributed by atoms with Gasteiger partial charge in [-0.2, -0.15) is 0 Å². The summed E-state index contributed by atoms with van der Waals surface area (Å²) >= 11 is 0. The van der Waals surface area contributed by atoms with Crippen molar-refractivity contribution in [2.45, 2.75) is 232 Å². The van der Waals surface area contributed by atoms with Gasteiger partial charge in [-0.05, 0) is 26.2 Å². The van der Waals surface area contributed by atoms with Crippen LogP contribution in [0, 0.1) is 0 Å². The van der Waals surface area contributed by atoms with Gasteiger partial charge in [0.2, 0.25) is 0 Å². The first-order chi connectivity index (χ1) is 20.2. The van der Waals surface area contributed by atoms with E-state index in [4.69, 9.17) is 4.98 Å². The Kier molecular flexibility index (Phi) is 27.3. The molecule has 0 fully saturated rings. The lowest BCUT2D eigenvalue weighted by Crippen LogP contribution is -2.13. The molecule has 0 aliphatic carbocycles. The smallest absolute Gasteiger partial charge is 0.111 e. The van der Waals surface area contributed by atoms with Gasteiger partial charge >= 0.3 is 0 Å². The Hall–Kier alpha value is -0.790. The third-order valence-electron chi connectivity index (χ3n) is 9.58. The number of aromatic nitrogens is 2. The van der Waals surface area contributed by atoms with Crippen molar-refractivity contribution in [2.24, 2.45) is 0 Å². The zero-order valence-corrected chi connectivity index (χ0v) is 28.9. The van der Waals surface area contributed by atoms with E-state index in [1.807, 2.05) is 0 Å². The minimum atomic E-state index is 0.589. The molecule has 1 heterocycles. The van der Waals surface area contributed by atoms with Gasteiger partial charge in [-0.15, -0.1) is 0 Å². The molecule has 0 spiro atoms. The van der Waals surface area contributed by atoms with Crippen molar-refractivity contribution in [3.8, 4) is 0 Å². The van der Waals surface area contributed by atoms with Crippen LogP contribution in [0.4, 0.5) is 0 Å². The van der Waals surface area contributed by atoms with Crippen molar-refractivity contribution < 1.29 is 0 Å². The van der Waals surface area contributed by atoms with E-state index >= 15 is 0 Å². The molecule has 0 aliphatic rings. The van der Waals surface area contributed by atoms with Crippen LogP contribution in [0.5, 0.6) is 0 Å². The van der Waals surface area contributed by atoms with E-state index in [0.29, 0.717) is 12.0 Å². The molecular formula is C39H76N2. The number of imidazole rings is 1. The Morgan fingerprint density at radius 2 is 0.780 bits per heavy atom. The van der Waals surface area contributed by atoms with Gasteiger partial charge < -0.3 is 4.57 Å². The van der Waals surface area contributed by atoms with E-state index < -0.39 is 0 Å². The van der Waals surface area contributed by atoms with E-state index in [1.54, 1.807) is 0 Å². The fourth-order valence-corrected chi connectivity index (χ4v) is 6.71. The molecule has 0 N–H and O–H groups in total. The summed E-state index contributed by atoms with van der Waals surface area (Å²) in [6.07, 6.45) is 46.7. The summed E-state index contributed by atoms with van der Waals surface area (Å²) in [5.74, 6) is 2.06. The van der Waals surface area contributed by atoms with Crippen LogP contribution in [0.3, 0.4) is 0 Å². The van der Waals surface area contributed by atoms with Crippen LogP contribution in [-0.2, 0) is 0 Å². The van der Waals surface area contributed by atoms with Crippen LogP contribution in [0.25, 0.3) is 0 Å². The molecule has 2 unspecified atom stereocenters. The molecule has 41 heavy (non-hydrogen) atoms. The minimum Gasteiger partial charge on any atom is -0.332 e. The summed E-state index contributed by atoms with van der Waals surface area (Å²) in [5.41, 5.74) is 0. The summed E-state index contributed by atoms with van der Waals surface area (Å²) in [7, 11) is 0. The van der Waals surface area contributed by atoms with Crippen LogP contribution in [0.1, 0.15) is 238 Å². The second-order valence-electron chi connectivity index (χ2n) is 13.6. The lowest BCUT2D eigenvalue weighted by molar-refractivity contribution is 0.412. The molecule has 1 aromatic heterocycles. The molecule has 2 nitrogen and oxygen atoms in total. The highest BCUT2D eigenvalue weighted by Crippen LogP contribution is 2.31. The average molecular weight is 573 g/mol. The topological polar surface area (TPSA) is 17.8 Å². The van der Waals surface area contributed by atoms with Crippen LogP contribution >= 0.6 is 0 Å². The summed E-state index contributed by atoms with van der Waals surface area (Å²) in [4.78, 5) is 5.00. The average Bonchev–Trinajstić information content (AvgIpc) is 3.47. The molecule has 0 saturated heterocycles. The molecule has 0 amide bonds. The quantitative estimate of drug-likeness (QED) is 0.0785. The van der Waals surface area contributed by atoms with Crippen molar-refractivity contribution in [1.29, 1.82) is 0 Å². The standard InChI is InChI=1S/C39H76N2/c1-5-8-11-14-17-19-20-21-22-23-25-28-31-34-38(33-30-27-16-13-10-7-3)39-40-35-36-41(39)37(4)32-29-26-24-18-15-12-9-6-2/h35-38H,5-34H2,1-4H3. The molecule has 1 aromatic rings. The molecule has 0 saturated carbocycles. The maximum absolute atomic E-state index is 5.00. The number of hydrogen-bond donors (Lipinski definition) is 0. The zero-order chi connectivity index (χ0) is 29.6. The first-order valence-corrected chi connectivity index (χ1v) is 19.3. The third-order valence-corrected chi connectivity index (χ3v) is 9.58. The molecule has 0 radical (unpaired) electrons. The summed E-state index contributed by atoms with van der Waals surface area (Å²) in [6.45, 7) is 9.38. The predicted octanol–water partition coefficient (Wildman–Crippen LogP) is 14.3. The number of unbranched alkanes of at least 4 members (excludes halogenated alkanes) is 24. The number of nitrogens with zero attached hydrogens (tertiary/aromatic N) is 2. The summed E-state index contributed by atoms with van der Waals surface area (Å²) < 4.78 is 2.57. The molecule has 1 rings (SSSR count). The fraction of sp³-hybridized carbons (Fsp3) is 0.923. The highest BCUT2D eigenvalue weighted by atomic mass is 15.1. The molecule has 2 heteroatoms. The summed E-state index contributed by atoms with van der Waals surface area (Å²) in [5, 5.41) is 0. The molecular weight excluding hydrogens is 496 g/mol. The third kappa shape index (κ3) is 21.5. The van der Waals surface area contributed by atoms with E-state index in [0.717, 1.165) is 0 Å². The van der Waals surface area contributed by atoms with Gasteiger partial charge in [0.05, 0.1) is 0 Å². The molecule has 0 aromatic carbocycles. The first kappa shape index (κ1) is 38.2. The van der Waals surface area contributed by atoms with Crippen molar-refractivity contribution in [1.82, 2.24) is 9.55 Å². The monoisotopic (exact) mass is 573 g/mol. The normalized spacial score (nSPS) is 13.2. The van der Waals surface area contributed by atoms with Gasteiger partial charge in [0.1, 0.15) is 5.82 Å². The number of rotatable bonds is 32. The first-order valence-electron chi connectivity index (χ1n) is 19.3. The SMILES string of the molecule is CCCCCCCCCCCCCCCC(CCCCCCCC)c1nccn1C(C)CCCCCCCCCC. The van der Waals surface area contributed by atoms with Gasteiger partial charge in [-0.3, -0.25) is 0 Å². The molecule has 242 valence electrons. The van der Waals surface area contributed by atoms with Crippen molar-refractivity contribution in [3.05, 3.63) is 18.2 Å².